The van der Waals surface area contributed by atoms with Gasteiger partial charge in [-0.25, -0.2) is 4.79 Å². The number of esters is 1. The lowest BCUT2D eigenvalue weighted by molar-refractivity contribution is 0.0600. The molecule has 0 unspecified atom stereocenters. The predicted molar refractivity (Wildman–Crippen MR) is 71.9 cm³/mol. The Bertz CT molecular complexity index is 524. The molecule has 0 saturated heterocycles. The summed E-state index contributed by atoms with van der Waals surface area (Å²) in [5.41, 5.74) is 1.35. The Labute approximate surface area is 117 Å². The van der Waals surface area contributed by atoms with Crippen LogP contribution in [-0.4, -0.2) is 39.6 Å². The molecule has 2 heterocycles. The molecule has 0 spiro atoms. The maximum atomic E-state index is 11.2. The summed E-state index contributed by atoms with van der Waals surface area (Å²) in [4.78, 5) is 15.4. The van der Waals surface area contributed by atoms with Crippen molar-refractivity contribution in [1.82, 2.24) is 25.3 Å². The van der Waals surface area contributed by atoms with Gasteiger partial charge in [0.05, 0.1) is 24.6 Å². The number of aryl methyl sites for hydroxylation is 1. The molecule has 7 nitrogen and oxygen atoms in total. The van der Waals surface area contributed by atoms with Gasteiger partial charge in [-0.3, -0.25) is 9.67 Å². The van der Waals surface area contributed by atoms with Crippen LogP contribution in [0.15, 0.2) is 30.7 Å². The van der Waals surface area contributed by atoms with Crippen LogP contribution in [0.4, 0.5) is 0 Å². The summed E-state index contributed by atoms with van der Waals surface area (Å²) in [6.07, 6.45) is 6.00. The zero-order valence-corrected chi connectivity index (χ0v) is 11.3. The van der Waals surface area contributed by atoms with Crippen LogP contribution in [0.5, 0.6) is 0 Å². The van der Waals surface area contributed by atoms with Gasteiger partial charge >= 0.3 is 5.97 Å². The van der Waals surface area contributed by atoms with Crippen LogP contribution in [-0.2, 0) is 17.8 Å². The van der Waals surface area contributed by atoms with Gasteiger partial charge in [-0.05, 0) is 25.1 Å². The van der Waals surface area contributed by atoms with Crippen molar-refractivity contribution in [2.75, 3.05) is 13.7 Å². The lowest BCUT2D eigenvalue weighted by atomic mass is 10.2. The molecule has 0 aliphatic carbocycles. The number of rotatable bonds is 7. The molecular weight excluding hydrogens is 258 g/mol. The molecular formula is C13H17N5O2. The van der Waals surface area contributed by atoms with Crippen molar-refractivity contribution in [1.29, 1.82) is 0 Å². The summed E-state index contributed by atoms with van der Waals surface area (Å²) >= 11 is 0. The van der Waals surface area contributed by atoms with Gasteiger partial charge < -0.3 is 10.1 Å². The van der Waals surface area contributed by atoms with Crippen LogP contribution in [0.1, 0.15) is 22.5 Å². The highest BCUT2D eigenvalue weighted by Crippen LogP contribution is 2.01. The summed E-state index contributed by atoms with van der Waals surface area (Å²) in [7, 11) is 1.35. The molecule has 0 saturated carbocycles. The van der Waals surface area contributed by atoms with E-state index < -0.39 is 0 Å². The van der Waals surface area contributed by atoms with Gasteiger partial charge in [-0.15, -0.1) is 5.10 Å². The number of carbonyl (C=O) groups excluding carboxylic acids is 1. The maximum absolute atomic E-state index is 11.2. The summed E-state index contributed by atoms with van der Waals surface area (Å²) in [6.45, 7) is 2.36. The van der Waals surface area contributed by atoms with Gasteiger partial charge in [0.15, 0.2) is 0 Å². The standard InChI is InChI=1S/C13H17N5O2/c1-20-13(19)11-3-4-12(15-9-11)10-14-5-2-7-18-8-6-16-17-18/h3-4,6,8-9,14H,2,5,7,10H2,1H3. The smallest absolute Gasteiger partial charge is 0.339 e. The monoisotopic (exact) mass is 275 g/mol. The third-order valence-electron chi connectivity index (χ3n) is 2.76. The van der Waals surface area contributed by atoms with Crippen LogP contribution in [0.25, 0.3) is 0 Å². The quantitative estimate of drug-likeness (QED) is 0.590. The normalized spacial score (nSPS) is 10.4. The van der Waals surface area contributed by atoms with E-state index in [4.69, 9.17) is 0 Å². The Kier molecular flexibility index (Phi) is 5.19. The van der Waals surface area contributed by atoms with Crippen LogP contribution < -0.4 is 5.32 Å². The number of carbonyl (C=O) groups is 1. The minimum atomic E-state index is -0.371. The molecule has 0 fully saturated rings. The molecule has 106 valence electrons. The van der Waals surface area contributed by atoms with Crippen molar-refractivity contribution in [3.05, 3.63) is 42.0 Å². The van der Waals surface area contributed by atoms with E-state index in [0.29, 0.717) is 12.1 Å². The minimum absolute atomic E-state index is 0.371. The number of methoxy groups -OCH3 is 1. The van der Waals surface area contributed by atoms with Crippen molar-refractivity contribution in [2.24, 2.45) is 0 Å². The number of hydrogen-bond acceptors (Lipinski definition) is 6. The number of nitrogens with one attached hydrogen (secondary N) is 1. The Morgan fingerprint density at radius 1 is 1.45 bits per heavy atom. The molecule has 0 atom stereocenters. The zero-order valence-electron chi connectivity index (χ0n) is 11.3. The van der Waals surface area contributed by atoms with E-state index in [9.17, 15) is 4.79 Å². The van der Waals surface area contributed by atoms with Crippen molar-refractivity contribution in [3.8, 4) is 0 Å². The molecule has 0 amide bonds. The van der Waals surface area contributed by atoms with Gasteiger partial charge in [-0.1, -0.05) is 5.21 Å². The molecule has 0 aromatic carbocycles. The third kappa shape index (κ3) is 4.13. The first-order valence-corrected chi connectivity index (χ1v) is 6.37. The van der Waals surface area contributed by atoms with Gasteiger partial charge in [0.25, 0.3) is 0 Å². The Morgan fingerprint density at radius 3 is 3.00 bits per heavy atom. The summed E-state index contributed by atoms with van der Waals surface area (Å²) < 4.78 is 6.41. The van der Waals surface area contributed by atoms with Crippen molar-refractivity contribution >= 4 is 5.97 Å². The molecule has 2 aromatic heterocycles. The van der Waals surface area contributed by atoms with E-state index in [1.807, 2.05) is 12.3 Å². The first kappa shape index (κ1) is 14.1. The average molecular weight is 275 g/mol. The molecule has 1 N–H and O–H groups in total. The van der Waals surface area contributed by atoms with E-state index in [1.54, 1.807) is 16.9 Å². The first-order valence-electron chi connectivity index (χ1n) is 6.37. The number of pyridine rings is 1. The zero-order chi connectivity index (χ0) is 14.2. The molecule has 0 aliphatic heterocycles. The lowest BCUT2D eigenvalue weighted by Gasteiger charge is -2.05. The fourth-order valence-electron chi connectivity index (χ4n) is 1.70. The largest absolute Gasteiger partial charge is 0.465 e. The van der Waals surface area contributed by atoms with Gasteiger partial charge in [-0.2, -0.15) is 0 Å². The maximum Gasteiger partial charge on any atom is 0.339 e. The number of hydrogen-bond donors (Lipinski definition) is 1. The molecule has 0 aliphatic rings. The number of nitrogens with zero attached hydrogens (tertiary/aromatic N) is 4. The van der Waals surface area contributed by atoms with Crippen LogP contribution in [0, 0.1) is 0 Å². The average Bonchev–Trinajstić information content (AvgIpc) is 3.00. The second-order valence-corrected chi connectivity index (χ2v) is 4.23. The number of ether oxygens (including phenoxy) is 1. The molecule has 0 bridgehead atoms. The van der Waals surface area contributed by atoms with Crippen molar-refractivity contribution in [3.63, 3.8) is 0 Å². The minimum Gasteiger partial charge on any atom is -0.465 e. The van der Waals surface area contributed by atoms with Crippen molar-refractivity contribution < 1.29 is 9.53 Å². The topological polar surface area (TPSA) is 81.9 Å². The van der Waals surface area contributed by atoms with Crippen molar-refractivity contribution in [2.45, 2.75) is 19.5 Å². The van der Waals surface area contributed by atoms with Crippen LogP contribution >= 0.6 is 0 Å². The van der Waals surface area contributed by atoms with Gasteiger partial charge in [0, 0.05) is 25.5 Å². The highest BCUT2D eigenvalue weighted by molar-refractivity contribution is 5.88. The molecule has 20 heavy (non-hydrogen) atoms. The highest BCUT2D eigenvalue weighted by Gasteiger charge is 2.04. The SMILES string of the molecule is COC(=O)c1ccc(CNCCCn2ccnn2)nc1. The Morgan fingerprint density at radius 2 is 2.35 bits per heavy atom. The van der Waals surface area contributed by atoms with E-state index in [-0.39, 0.29) is 5.97 Å². The second-order valence-electron chi connectivity index (χ2n) is 4.23. The Hall–Kier alpha value is -2.28. The lowest BCUT2D eigenvalue weighted by Crippen LogP contribution is -2.17. The highest BCUT2D eigenvalue weighted by atomic mass is 16.5. The van der Waals surface area contributed by atoms with E-state index in [0.717, 1.165) is 25.2 Å². The van der Waals surface area contributed by atoms with E-state index in [1.165, 1.54) is 13.3 Å². The molecule has 7 heteroatoms. The Balaban J connectivity index is 1.67. The first-order chi connectivity index (χ1) is 9.79. The fourth-order valence-corrected chi connectivity index (χ4v) is 1.70. The summed E-state index contributed by atoms with van der Waals surface area (Å²) in [6, 6.07) is 3.53. The van der Waals surface area contributed by atoms with Crippen LogP contribution in [0.2, 0.25) is 0 Å². The third-order valence-corrected chi connectivity index (χ3v) is 2.76. The second kappa shape index (κ2) is 7.34. The fraction of sp³-hybridized carbons (Fsp3) is 0.385. The molecule has 0 radical (unpaired) electrons. The summed E-state index contributed by atoms with van der Waals surface area (Å²) in [5.74, 6) is -0.371. The number of aromatic nitrogens is 4. The predicted octanol–water partition coefficient (Wildman–Crippen LogP) is 0.640. The molecule has 2 aromatic rings. The van der Waals surface area contributed by atoms with E-state index in [2.05, 4.69) is 25.3 Å². The van der Waals surface area contributed by atoms with Gasteiger partial charge in [0.2, 0.25) is 0 Å². The summed E-state index contributed by atoms with van der Waals surface area (Å²) in [5, 5.41) is 10.9. The molecule has 2 rings (SSSR count). The van der Waals surface area contributed by atoms with E-state index >= 15 is 0 Å². The van der Waals surface area contributed by atoms with Crippen LogP contribution in [0.3, 0.4) is 0 Å². The van der Waals surface area contributed by atoms with Gasteiger partial charge in [0.1, 0.15) is 0 Å².